The Morgan fingerprint density at radius 2 is 1.77 bits per heavy atom. The number of likely N-dealkylation sites (N-methyl/N-ethyl adjacent to an activating group) is 1. The number of hydrogen-bond donors (Lipinski definition) is 2. The van der Waals surface area contributed by atoms with Crippen molar-refractivity contribution >= 4 is 11.8 Å². The minimum Gasteiger partial charge on any atom is -0.369 e. The van der Waals surface area contributed by atoms with Gasteiger partial charge < -0.3 is 10.6 Å². The number of nitrogens with two attached hydrogens (primary N) is 1. The first-order valence-electron chi connectivity index (χ1n) is 4.38. The van der Waals surface area contributed by atoms with Crippen molar-refractivity contribution in [1.82, 2.24) is 10.2 Å². The second-order valence-electron chi connectivity index (χ2n) is 2.64. The monoisotopic (exact) mass is 187 g/mol. The summed E-state index contributed by atoms with van der Waals surface area (Å²) in [7, 11) is 0. The van der Waals surface area contributed by atoms with E-state index in [1.54, 1.807) is 4.90 Å². The summed E-state index contributed by atoms with van der Waals surface area (Å²) in [5, 5.41) is 2.67. The summed E-state index contributed by atoms with van der Waals surface area (Å²) >= 11 is 0. The third kappa shape index (κ3) is 5.19. The lowest BCUT2D eigenvalue weighted by atomic mass is 10.4. The van der Waals surface area contributed by atoms with Crippen LogP contribution in [0.5, 0.6) is 0 Å². The molecule has 0 bridgehead atoms. The molecule has 0 aliphatic heterocycles. The number of carbonyl (C=O) groups excluding carboxylic acids is 2. The molecule has 0 saturated carbocycles. The van der Waals surface area contributed by atoms with Crippen LogP contribution in [0.1, 0.15) is 13.8 Å². The SMILES string of the molecule is CCN(CC)C(=O)CNCC(N)=O. The maximum atomic E-state index is 11.3. The summed E-state index contributed by atoms with van der Waals surface area (Å²) in [4.78, 5) is 23.3. The van der Waals surface area contributed by atoms with E-state index in [1.165, 1.54) is 0 Å². The molecule has 76 valence electrons. The fourth-order valence-corrected chi connectivity index (χ4v) is 0.981. The molecule has 0 radical (unpaired) electrons. The highest BCUT2D eigenvalue weighted by molar-refractivity contribution is 5.80. The molecule has 0 aliphatic carbocycles. The lowest BCUT2D eigenvalue weighted by molar-refractivity contribution is -0.129. The third-order valence-electron chi connectivity index (χ3n) is 1.69. The molecule has 0 aromatic carbocycles. The maximum absolute atomic E-state index is 11.3. The molecule has 0 fully saturated rings. The number of hydrogen-bond acceptors (Lipinski definition) is 3. The van der Waals surface area contributed by atoms with E-state index < -0.39 is 5.91 Å². The second-order valence-corrected chi connectivity index (χ2v) is 2.64. The molecule has 0 heterocycles. The maximum Gasteiger partial charge on any atom is 0.236 e. The van der Waals surface area contributed by atoms with E-state index in [2.05, 4.69) is 5.32 Å². The zero-order valence-corrected chi connectivity index (χ0v) is 8.17. The predicted octanol–water partition coefficient (Wildman–Crippen LogP) is -1.07. The summed E-state index contributed by atoms with van der Waals surface area (Å²) in [6.45, 7) is 5.42. The smallest absolute Gasteiger partial charge is 0.236 e. The van der Waals surface area contributed by atoms with Gasteiger partial charge in [0.2, 0.25) is 11.8 Å². The van der Waals surface area contributed by atoms with Gasteiger partial charge in [-0.3, -0.25) is 14.9 Å². The van der Waals surface area contributed by atoms with Gasteiger partial charge in [-0.25, -0.2) is 0 Å². The van der Waals surface area contributed by atoms with Crippen molar-refractivity contribution in [3.63, 3.8) is 0 Å². The van der Waals surface area contributed by atoms with Gasteiger partial charge >= 0.3 is 0 Å². The Bertz CT molecular complexity index is 178. The van der Waals surface area contributed by atoms with Crippen LogP contribution in [0.25, 0.3) is 0 Å². The average Bonchev–Trinajstić information content (AvgIpc) is 2.05. The molecular weight excluding hydrogens is 170 g/mol. The van der Waals surface area contributed by atoms with Crippen molar-refractivity contribution in [2.24, 2.45) is 5.73 Å². The Labute approximate surface area is 78.3 Å². The van der Waals surface area contributed by atoms with E-state index >= 15 is 0 Å². The van der Waals surface area contributed by atoms with Gasteiger partial charge in [0, 0.05) is 13.1 Å². The summed E-state index contributed by atoms with van der Waals surface area (Å²) < 4.78 is 0. The van der Waals surface area contributed by atoms with Crippen LogP contribution in [0, 0.1) is 0 Å². The molecule has 0 aromatic heterocycles. The number of carbonyl (C=O) groups is 2. The van der Waals surface area contributed by atoms with Crippen LogP contribution in [0.3, 0.4) is 0 Å². The molecule has 0 aliphatic rings. The van der Waals surface area contributed by atoms with Gasteiger partial charge in [-0.05, 0) is 13.8 Å². The fraction of sp³-hybridized carbons (Fsp3) is 0.750. The lowest BCUT2D eigenvalue weighted by Gasteiger charge is -2.18. The second kappa shape index (κ2) is 6.42. The molecule has 0 rings (SSSR count). The number of nitrogens with zero attached hydrogens (tertiary/aromatic N) is 1. The minimum absolute atomic E-state index is 0.00810. The van der Waals surface area contributed by atoms with Crippen LogP contribution in [-0.4, -0.2) is 42.9 Å². The summed E-state index contributed by atoms with van der Waals surface area (Å²) in [5.74, 6) is -0.460. The van der Waals surface area contributed by atoms with Crippen molar-refractivity contribution in [2.75, 3.05) is 26.2 Å². The average molecular weight is 187 g/mol. The molecule has 5 heteroatoms. The fourth-order valence-electron chi connectivity index (χ4n) is 0.981. The number of primary amides is 1. The van der Waals surface area contributed by atoms with Crippen LogP contribution < -0.4 is 11.1 Å². The van der Waals surface area contributed by atoms with Crippen LogP contribution in [0.4, 0.5) is 0 Å². The predicted molar refractivity (Wildman–Crippen MR) is 50.0 cm³/mol. The van der Waals surface area contributed by atoms with Crippen molar-refractivity contribution in [2.45, 2.75) is 13.8 Å². The molecule has 0 spiro atoms. The first kappa shape index (κ1) is 11.9. The highest BCUT2D eigenvalue weighted by Crippen LogP contribution is 1.86. The first-order valence-corrected chi connectivity index (χ1v) is 4.38. The summed E-state index contributed by atoms with van der Waals surface area (Å²) in [6, 6.07) is 0. The van der Waals surface area contributed by atoms with Gasteiger partial charge in [0.05, 0.1) is 13.1 Å². The van der Waals surface area contributed by atoms with E-state index in [0.717, 1.165) is 0 Å². The normalized spacial score (nSPS) is 9.69. The van der Waals surface area contributed by atoms with Crippen molar-refractivity contribution in [3.05, 3.63) is 0 Å². The molecular formula is C8H17N3O2. The molecule has 0 unspecified atom stereocenters. The van der Waals surface area contributed by atoms with Gasteiger partial charge in [0.1, 0.15) is 0 Å². The quantitative estimate of drug-likeness (QED) is 0.556. The van der Waals surface area contributed by atoms with Gasteiger partial charge in [0.15, 0.2) is 0 Å². The van der Waals surface area contributed by atoms with Crippen LogP contribution >= 0.6 is 0 Å². The van der Waals surface area contributed by atoms with Crippen molar-refractivity contribution in [1.29, 1.82) is 0 Å². The summed E-state index contributed by atoms with van der Waals surface area (Å²) in [6.07, 6.45) is 0. The zero-order valence-electron chi connectivity index (χ0n) is 8.17. The van der Waals surface area contributed by atoms with E-state index in [0.29, 0.717) is 13.1 Å². The van der Waals surface area contributed by atoms with Gasteiger partial charge in [-0.15, -0.1) is 0 Å². The largest absolute Gasteiger partial charge is 0.369 e. The Morgan fingerprint density at radius 1 is 1.23 bits per heavy atom. The highest BCUT2D eigenvalue weighted by Gasteiger charge is 2.08. The van der Waals surface area contributed by atoms with Crippen LogP contribution in [-0.2, 0) is 9.59 Å². The first-order chi connectivity index (χ1) is 6.11. The van der Waals surface area contributed by atoms with Gasteiger partial charge in [0.25, 0.3) is 0 Å². The molecule has 2 amide bonds. The Morgan fingerprint density at radius 3 is 2.15 bits per heavy atom. The van der Waals surface area contributed by atoms with Gasteiger partial charge in [-0.2, -0.15) is 0 Å². The molecule has 5 nitrogen and oxygen atoms in total. The van der Waals surface area contributed by atoms with E-state index in [1.807, 2.05) is 13.8 Å². The van der Waals surface area contributed by atoms with E-state index in [9.17, 15) is 9.59 Å². The number of nitrogens with one attached hydrogen (secondary N) is 1. The van der Waals surface area contributed by atoms with E-state index in [4.69, 9.17) is 5.73 Å². The minimum atomic E-state index is -0.452. The Hall–Kier alpha value is -1.10. The Balaban J connectivity index is 3.66. The standard InChI is InChI=1S/C8H17N3O2/c1-3-11(4-2)8(13)6-10-5-7(9)12/h10H,3-6H2,1-2H3,(H2,9,12). The zero-order chi connectivity index (χ0) is 10.3. The molecule has 0 atom stereocenters. The molecule has 0 aromatic rings. The summed E-state index contributed by atoms with van der Waals surface area (Å²) in [5.41, 5.74) is 4.89. The number of amides is 2. The molecule has 0 saturated heterocycles. The van der Waals surface area contributed by atoms with Gasteiger partial charge in [-0.1, -0.05) is 0 Å². The Kier molecular flexibility index (Phi) is 5.88. The number of rotatable bonds is 6. The molecule has 3 N–H and O–H groups in total. The van der Waals surface area contributed by atoms with Crippen LogP contribution in [0.2, 0.25) is 0 Å². The topological polar surface area (TPSA) is 75.4 Å². The lowest BCUT2D eigenvalue weighted by Crippen LogP contribution is -2.40. The van der Waals surface area contributed by atoms with Crippen LogP contribution in [0.15, 0.2) is 0 Å². The van der Waals surface area contributed by atoms with E-state index in [-0.39, 0.29) is 19.0 Å². The molecule has 13 heavy (non-hydrogen) atoms. The highest BCUT2D eigenvalue weighted by atomic mass is 16.2. The van der Waals surface area contributed by atoms with Crippen molar-refractivity contribution in [3.8, 4) is 0 Å². The van der Waals surface area contributed by atoms with Crippen molar-refractivity contribution < 1.29 is 9.59 Å². The third-order valence-corrected chi connectivity index (χ3v) is 1.69.